The molecule has 0 aliphatic carbocycles. The van der Waals surface area contributed by atoms with Gasteiger partial charge in [0.25, 0.3) is 0 Å². The number of ether oxygens (including phenoxy) is 1. The molecule has 0 fully saturated rings. The van der Waals surface area contributed by atoms with E-state index in [9.17, 15) is 40.7 Å². The van der Waals surface area contributed by atoms with Gasteiger partial charge in [-0.1, -0.05) is 23.7 Å². The zero-order valence-electron chi connectivity index (χ0n) is 21.4. The lowest BCUT2D eigenvalue weighted by atomic mass is 10.0. The first-order chi connectivity index (χ1) is 19.2. The Morgan fingerprint density at radius 3 is 2.37 bits per heavy atom. The summed E-state index contributed by atoms with van der Waals surface area (Å²) in [7, 11) is 0. The van der Waals surface area contributed by atoms with Gasteiger partial charge in [0.15, 0.2) is 5.82 Å². The summed E-state index contributed by atoms with van der Waals surface area (Å²) < 4.78 is 84.8. The molecule has 0 saturated heterocycles. The predicted octanol–water partition coefficient (Wildman–Crippen LogP) is 4.94. The number of hydrogen-bond donors (Lipinski definition) is 2. The first-order valence-corrected chi connectivity index (χ1v) is 12.4. The lowest BCUT2D eigenvalue weighted by molar-refractivity contribution is -0.138. The molecule has 1 atom stereocenters. The Labute approximate surface area is 234 Å². The fourth-order valence-corrected chi connectivity index (χ4v) is 3.85. The van der Waals surface area contributed by atoms with Crippen LogP contribution in [0.25, 0.3) is 11.4 Å². The monoisotopic (exact) mass is 607 g/mol. The van der Waals surface area contributed by atoms with Gasteiger partial charge < -0.3 is 15.4 Å². The molecule has 0 spiro atoms. The van der Waals surface area contributed by atoms with Crippen molar-refractivity contribution in [1.29, 1.82) is 0 Å². The van der Waals surface area contributed by atoms with Gasteiger partial charge in [-0.3, -0.25) is 9.36 Å². The van der Waals surface area contributed by atoms with Gasteiger partial charge in [0.2, 0.25) is 5.91 Å². The van der Waals surface area contributed by atoms with Gasteiger partial charge in [-0.15, -0.1) is 5.10 Å². The van der Waals surface area contributed by atoms with Crippen molar-refractivity contribution in [2.75, 3.05) is 13.2 Å². The molecule has 2 aromatic carbocycles. The third-order valence-corrected chi connectivity index (χ3v) is 5.87. The molecule has 2 N–H and O–H groups in total. The van der Waals surface area contributed by atoms with Crippen LogP contribution in [-0.2, 0) is 28.8 Å². The standard InChI is InChI=1S/C25H24ClF6N5O4/c1-2-41-22(39)33-13-19(16-4-3-5-17(12-16)25(30,31)32)34-20(38)14-37-23(40)36(11-10-24(27,28)29)21(35-37)15-6-8-18(26)9-7-15/h3-9,12,19H,2,10-11,13-14H2,1H3,(H,33,39)(H,34,38). The third-order valence-electron chi connectivity index (χ3n) is 5.61. The number of nitrogens with one attached hydrogen (secondary N) is 2. The van der Waals surface area contributed by atoms with E-state index in [1.54, 1.807) is 0 Å². The summed E-state index contributed by atoms with van der Waals surface area (Å²) in [4.78, 5) is 37.7. The van der Waals surface area contributed by atoms with Gasteiger partial charge >= 0.3 is 24.1 Å². The molecule has 16 heteroatoms. The molecule has 1 heterocycles. The molecule has 3 rings (SSSR count). The maximum Gasteiger partial charge on any atom is 0.416 e. The zero-order chi connectivity index (χ0) is 30.4. The van der Waals surface area contributed by atoms with Crippen molar-refractivity contribution < 1.29 is 40.7 Å². The van der Waals surface area contributed by atoms with Gasteiger partial charge in [0.05, 0.1) is 24.6 Å². The van der Waals surface area contributed by atoms with Crippen molar-refractivity contribution in [2.45, 2.75) is 44.8 Å². The lowest BCUT2D eigenvalue weighted by Gasteiger charge is -2.21. The van der Waals surface area contributed by atoms with Gasteiger partial charge in [-0.2, -0.15) is 26.3 Å². The summed E-state index contributed by atoms with van der Waals surface area (Å²) in [6.45, 7) is -0.389. The highest BCUT2D eigenvalue weighted by atomic mass is 35.5. The number of halogens is 7. The number of alkyl halides is 6. The summed E-state index contributed by atoms with van der Waals surface area (Å²) in [5.74, 6) is -1.06. The van der Waals surface area contributed by atoms with E-state index in [0.29, 0.717) is 9.70 Å². The average Bonchev–Trinajstić information content (AvgIpc) is 3.19. The van der Waals surface area contributed by atoms with Crippen molar-refractivity contribution in [3.63, 3.8) is 0 Å². The zero-order valence-corrected chi connectivity index (χ0v) is 22.1. The molecule has 0 aliphatic heterocycles. The molecule has 0 saturated carbocycles. The van der Waals surface area contributed by atoms with Gasteiger partial charge in [-0.05, 0) is 48.9 Å². The fraction of sp³-hybridized carbons (Fsp3) is 0.360. The number of hydrogen-bond acceptors (Lipinski definition) is 5. The minimum absolute atomic E-state index is 0.0162. The first kappa shape index (κ1) is 31.5. The largest absolute Gasteiger partial charge is 0.450 e. The molecular weight excluding hydrogens is 584 g/mol. The Bertz CT molecular complexity index is 1420. The number of benzene rings is 2. The first-order valence-electron chi connectivity index (χ1n) is 12.1. The highest BCUT2D eigenvalue weighted by Crippen LogP contribution is 2.31. The molecule has 41 heavy (non-hydrogen) atoms. The minimum atomic E-state index is -4.69. The highest BCUT2D eigenvalue weighted by molar-refractivity contribution is 6.30. The normalized spacial score (nSPS) is 12.6. The van der Waals surface area contributed by atoms with E-state index in [2.05, 4.69) is 15.7 Å². The number of alkyl carbamates (subject to hydrolysis) is 1. The van der Waals surface area contributed by atoms with Crippen molar-refractivity contribution in [1.82, 2.24) is 25.0 Å². The van der Waals surface area contributed by atoms with E-state index >= 15 is 0 Å². The van der Waals surface area contributed by atoms with Gasteiger partial charge in [0, 0.05) is 23.7 Å². The van der Waals surface area contributed by atoms with Crippen LogP contribution in [0.2, 0.25) is 5.02 Å². The summed E-state index contributed by atoms with van der Waals surface area (Å²) in [6, 6.07) is 8.58. The number of carbonyl (C=O) groups is 2. The Kier molecular flexibility index (Phi) is 10.1. The number of rotatable bonds is 10. The van der Waals surface area contributed by atoms with E-state index < -0.39 is 61.2 Å². The molecular formula is C25H24ClF6N5O4. The topological polar surface area (TPSA) is 107 Å². The molecule has 222 valence electrons. The lowest BCUT2D eigenvalue weighted by Crippen LogP contribution is -2.41. The van der Waals surface area contributed by atoms with Crippen LogP contribution in [0.5, 0.6) is 0 Å². The average molecular weight is 608 g/mol. The maximum atomic E-state index is 13.3. The van der Waals surface area contributed by atoms with Crippen LogP contribution in [0.15, 0.2) is 53.3 Å². The maximum absolute atomic E-state index is 13.3. The smallest absolute Gasteiger partial charge is 0.416 e. The van der Waals surface area contributed by atoms with Crippen LogP contribution in [0, 0.1) is 0 Å². The highest BCUT2D eigenvalue weighted by Gasteiger charge is 2.32. The molecule has 0 bridgehead atoms. The Balaban J connectivity index is 1.90. The van der Waals surface area contributed by atoms with Crippen molar-refractivity contribution >= 4 is 23.6 Å². The number of amides is 2. The molecule has 9 nitrogen and oxygen atoms in total. The summed E-state index contributed by atoms with van der Waals surface area (Å²) in [6.07, 6.45) is -11.5. The molecule has 0 aliphatic rings. The number of carbonyl (C=O) groups excluding carboxylic acids is 2. The van der Waals surface area contributed by atoms with Crippen LogP contribution in [0.4, 0.5) is 31.1 Å². The van der Waals surface area contributed by atoms with E-state index in [-0.39, 0.29) is 30.1 Å². The van der Waals surface area contributed by atoms with Gasteiger partial charge in [0.1, 0.15) is 6.54 Å². The summed E-state index contributed by atoms with van der Waals surface area (Å²) >= 11 is 5.87. The third kappa shape index (κ3) is 8.99. The van der Waals surface area contributed by atoms with E-state index in [1.807, 2.05) is 0 Å². The Morgan fingerprint density at radius 2 is 1.76 bits per heavy atom. The minimum Gasteiger partial charge on any atom is -0.450 e. The van der Waals surface area contributed by atoms with Crippen LogP contribution in [-0.4, -0.2) is 45.7 Å². The quantitative estimate of drug-likeness (QED) is 0.318. The van der Waals surface area contributed by atoms with E-state index in [0.717, 1.165) is 22.8 Å². The summed E-state index contributed by atoms with van der Waals surface area (Å²) in [5, 5.41) is 9.12. The van der Waals surface area contributed by atoms with Crippen molar-refractivity contribution in [2.24, 2.45) is 0 Å². The Morgan fingerprint density at radius 1 is 1.07 bits per heavy atom. The fourth-order valence-electron chi connectivity index (χ4n) is 3.72. The second-order valence-corrected chi connectivity index (χ2v) is 9.07. The predicted molar refractivity (Wildman–Crippen MR) is 135 cm³/mol. The van der Waals surface area contributed by atoms with Crippen molar-refractivity contribution in [3.05, 3.63) is 75.2 Å². The second kappa shape index (κ2) is 13.1. The van der Waals surface area contributed by atoms with E-state index in [1.165, 1.54) is 37.3 Å². The van der Waals surface area contributed by atoms with Crippen molar-refractivity contribution in [3.8, 4) is 11.4 Å². The number of aromatic nitrogens is 3. The molecule has 0 radical (unpaired) electrons. The van der Waals surface area contributed by atoms with Crippen LogP contribution < -0.4 is 16.3 Å². The van der Waals surface area contributed by atoms with Crippen LogP contribution in [0.3, 0.4) is 0 Å². The summed E-state index contributed by atoms with van der Waals surface area (Å²) in [5.41, 5.74) is -1.78. The molecule has 3 aromatic rings. The van der Waals surface area contributed by atoms with Crippen LogP contribution in [0.1, 0.15) is 30.5 Å². The molecule has 1 unspecified atom stereocenters. The molecule has 1 aromatic heterocycles. The van der Waals surface area contributed by atoms with Gasteiger partial charge in [-0.25, -0.2) is 14.3 Å². The Hall–Kier alpha value is -4.01. The van der Waals surface area contributed by atoms with E-state index in [4.69, 9.17) is 16.3 Å². The SMILES string of the molecule is CCOC(=O)NCC(NC(=O)Cn1nc(-c2ccc(Cl)cc2)n(CCC(F)(F)F)c1=O)c1cccc(C(F)(F)F)c1. The second-order valence-electron chi connectivity index (χ2n) is 8.63. The number of nitrogens with zero attached hydrogens (tertiary/aromatic N) is 3. The molecule has 2 amide bonds. The van der Waals surface area contributed by atoms with Crippen LogP contribution >= 0.6 is 11.6 Å².